The molecule has 0 saturated heterocycles. The summed E-state index contributed by atoms with van der Waals surface area (Å²) in [6.45, 7) is 0.784. The molecule has 140 valence electrons. The maximum atomic E-state index is 13.2. The van der Waals surface area contributed by atoms with Gasteiger partial charge in [0.25, 0.3) is 0 Å². The van der Waals surface area contributed by atoms with Gasteiger partial charge in [-0.3, -0.25) is 9.59 Å². The van der Waals surface area contributed by atoms with Gasteiger partial charge in [0.05, 0.1) is 11.8 Å². The molecule has 6 fully saturated rings. The van der Waals surface area contributed by atoms with E-state index in [1.165, 1.54) is 38.5 Å². The minimum atomic E-state index is -0.775. The van der Waals surface area contributed by atoms with Gasteiger partial charge in [-0.25, -0.2) is 0 Å². The molecule has 0 aliphatic heterocycles. The predicted octanol–water partition coefficient (Wildman–Crippen LogP) is 3.23. The van der Waals surface area contributed by atoms with E-state index in [0.29, 0.717) is 5.41 Å². The van der Waals surface area contributed by atoms with Crippen molar-refractivity contribution in [1.29, 1.82) is 0 Å². The van der Waals surface area contributed by atoms with Gasteiger partial charge in [0, 0.05) is 6.54 Å². The number of nitrogens with one attached hydrogen (secondary N) is 1. The zero-order valence-electron chi connectivity index (χ0n) is 15.3. The van der Waals surface area contributed by atoms with Crippen LogP contribution in [0.1, 0.15) is 51.4 Å². The van der Waals surface area contributed by atoms with Crippen LogP contribution in [0.3, 0.4) is 0 Å². The summed E-state index contributed by atoms with van der Waals surface area (Å²) in [5, 5.41) is 13.1. The van der Waals surface area contributed by atoms with Crippen LogP contribution in [0.4, 0.5) is 0 Å². The van der Waals surface area contributed by atoms with Crippen LogP contribution in [0.15, 0.2) is 12.2 Å². The first-order valence-corrected chi connectivity index (χ1v) is 10.7. The standard InChI is InChI=1S/C22H29NO3/c24-19(17-15-1-2-16(18(17)20(25)26)22(15)3-4-22)23-11-21-8-12-5-13(9-21)7-14(6-12)10-21/h1-2,12-18H,3-11H2,(H,23,24)(H,25,26). The molecule has 7 aliphatic rings. The summed E-state index contributed by atoms with van der Waals surface area (Å²) >= 11 is 0. The van der Waals surface area contributed by atoms with Gasteiger partial charge in [-0.2, -0.15) is 0 Å². The van der Waals surface area contributed by atoms with Crippen LogP contribution in [0, 0.1) is 52.3 Å². The van der Waals surface area contributed by atoms with E-state index in [1.807, 2.05) is 0 Å². The van der Waals surface area contributed by atoms with Crippen LogP contribution in [0.5, 0.6) is 0 Å². The van der Waals surface area contributed by atoms with Crippen molar-refractivity contribution in [2.45, 2.75) is 51.4 Å². The molecule has 1 spiro atoms. The van der Waals surface area contributed by atoms with Crippen molar-refractivity contribution in [3.8, 4) is 0 Å². The number of hydrogen-bond donors (Lipinski definition) is 2. The molecular weight excluding hydrogens is 326 g/mol. The Morgan fingerprint density at radius 2 is 1.46 bits per heavy atom. The van der Waals surface area contributed by atoms with Crippen molar-refractivity contribution in [3.63, 3.8) is 0 Å². The van der Waals surface area contributed by atoms with Crippen LogP contribution in [0.2, 0.25) is 0 Å². The first-order valence-electron chi connectivity index (χ1n) is 10.7. The molecule has 2 N–H and O–H groups in total. The van der Waals surface area contributed by atoms with Crippen molar-refractivity contribution < 1.29 is 14.7 Å². The second-order valence-corrected chi connectivity index (χ2v) is 10.7. The quantitative estimate of drug-likeness (QED) is 0.761. The molecule has 26 heavy (non-hydrogen) atoms. The average Bonchev–Trinajstić information content (AvgIpc) is 3.24. The number of carbonyl (C=O) groups is 2. The summed E-state index contributed by atoms with van der Waals surface area (Å²) in [7, 11) is 0. The molecule has 0 aromatic heterocycles. The Bertz CT molecular complexity index is 671. The molecule has 0 aromatic carbocycles. The molecule has 0 radical (unpaired) electrons. The highest BCUT2D eigenvalue weighted by Crippen LogP contribution is 2.72. The first-order chi connectivity index (χ1) is 12.5. The molecule has 6 bridgehead atoms. The van der Waals surface area contributed by atoms with E-state index in [1.54, 1.807) is 0 Å². The fourth-order valence-electron chi connectivity index (χ4n) is 8.59. The topological polar surface area (TPSA) is 66.4 Å². The summed E-state index contributed by atoms with van der Waals surface area (Å²) in [6.07, 6.45) is 14.5. The predicted molar refractivity (Wildman–Crippen MR) is 96.0 cm³/mol. The SMILES string of the molecule is O=C(O)C1C(C(=O)NCC23CC4CC(CC(C4)C2)C3)C2C=CC1C21CC1. The van der Waals surface area contributed by atoms with E-state index in [2.05, 4.69) is 17.5 Å². The lowest BCUT2D eigenvalue weighted by Crippen LogP contribution is -2.52. The summed E-state index contributed by atoms with van der Waals surface area (Å²) in [6, 6.07) is 0. The lowest BCUT2D eigenvalue weighted by molar-refractivity contribution is -0.148. The van der Waals surface area contributed by atoms with Crippen LogP contribution >= 0.6 is 0 Å². The Balaban J connectivity index is 1.20. The maximum Gasteiger partial charge on any atom is 0.307 e. The number of carboxylic acid groups (broad SMARTS) is 1. The highest BCUT2D eigenvalue weighted by atomic mass is 16.4. The Morgan fingerprint density at radius 3 is 1.96 bits per heavy atom. The largest absolute Gasteiger partial charge is 0.481 e. The average molecular weight is 355 g/mol. The molecule has 4 unspecified atom stereocenters. The van der Waals surface area contributed by atoms with Gasteiger partial charge in [-0.1, -0.05) is 12.2 Å². The van der Waals surface area contributed by atoms with E-state index in [4.69, 9.17) is 0 Å². The van der Waals surface area contributed by atoms with Gasteiger partial charge in [0.15, 0.2) is 0 Å². The molecule has 4 nitrogen and oxygen atoms in total. The third kappa shape index (κ3) is 1.96. The molecule has 7 aliphatic carbocycles. The third-order valence-electron chi connectivity index (χ3n) is 9.23. The minimum Gasteiger partial charge on any atom is -0.481 e. The summed E-state index contributed by atoms with van der Waals surface area (Å²) in [4.78, 5) is 25.1. The summed E-state index contributed by atoms with van der Waals surface area (Å²) < 4.78 is 0. The van der Waals surface area contributed by atoms with Crippen molar-refractivity contribution in [2.24, 2.45) is 52.3 Å². The van der Waals surface area contributed by atoms with Crippen LogP contribution < -0.4 is 5.32 Å². The number of carbonyl (C=O) groups excluding carboxylic acids is 1. The number of carboxylic acids is 1. The highest BCUT2D eigenvalue weighted by Gasteiger charge is 2.70. The Labute approximate surface area is 154 Å². The zero-order chi connectivity index (χ0) is 17.7. The van der Waals surface area contributed by atoms with Crippen LogP contribution in [0.25, 0.3) is 0 Å². The Hall–Kier alpha value is -1.32. The second kappa shape index (κ2) is 4.94. The fourth-order valence-corrected chi connectivity index (χ4v) is 8.59. The number of hydrogen-bond acceptors (Lipinski definition) is 2. The van der Waals surface area contributed by atoms with Crippen LogP contribution in [-0.4, -0.2) is 23.5 Å². The van der Waals surface area contributed by atoms with Gasteiger partial charge in [0.1, 0.15) is 0 Å². The van der Waals surface area contributed by atoms with E-state index in [9.17, 15) is 14.7 Å². The molecule has 6 saturated carbocycles. The van der Waals surface area contributed by atoms with E-state index in [-0.39, 0.29) is 29.1 Å². The monoisotopic (exact) mass is 355 g/mol. The van der Waals surface area contributed by atoms with Crippen molar-refractivity contribution in [1.82, 2.24) is 5.32 Å². The summed E-state index contributed by atoms with van der Waals surface area (Å²) in [5.74, 6) is 1.27. The van der Waals surface area contributed by atoms with Gasteiger partial charge in [-0.05, 0) is 91.8 Å². The molecule has 7 rings (SSSR count). The molecule has 1 amide bonds. The Kier molecular flexibility index (Phi) is 2.98. The number of rotatable bonds is 4. The maximum absolute atomic E-state index is 13.2. The van der Waals surface area contributed by atoms with Gasteiger partial charge in [-0.15, -0.1) is 0 Å². The molecular formula is C22H29NO3. The number of amides is 1. The number of aliphatic carboxylic acids is 1. The number of allylic oxidation sites excluding steroid dienone is 2. The van der Waals surface area contributed by atoms with E-state index in [0.717, 1.165) is 37.1 Å². The fraction of sp³-hybridized carbons (Fsp3) is 0.818. The molecule has 4 heteroatoms. The molecule has 0 heterocycles. The van der Waals surface area contributed by atoms with Crippen LogP contribution in [-0.2, 0) is 9.59 Å². The summed E-state index contributed by atoms with van der Waals surface area (Å²) in [5.41, 5.74) is 0.430. The third-order valence-corrected chi connectivity index (χ3v) is 9.23. The Morgan fingerprint density at radius 1 is 0.923 bits per heavy atom. The van der Waals surface area contributed by atoms with Crippen molar-refractivity contribution >= 4 is 11.9 Å². The zero-order valence-corrected chi connectivity index (χ0v) is 15.3. The second-order valence-electron chi connectivity index (χ2n) is 10.7. The van der Waals surface area contributed by atoms with Crippen molar-refractivity contribution in [3.05, 3.63) is 12.2 Å². The van der Waals surface area contributed by atoms with Gasteiger partial charge >= 0.3 is 5.97 Å². The molecule has 0 aromatic rings. The lowest BCUT2D eigenvalue weighted by Gasteiger charge is -2.57. The van der Waals surface area contributed by atoms with Gasteiger partial charge < -0.3 is 10.4 Å². The smallest absolute Gasteiger partial charge is 0.307 e. The minimum absolute atomic E-state index is 0.0243. The highest BCUT2D eigenvalue weighted by molar-refractivity contribution is 5.87. The normalized spacial score (nSPS) is 51.2. The van der Waals surface area contributed by atoms with E-state index < -0.39 is 11.9 Å². The molecule has 4 atom stereocenters. The van der Waals surface area contributed by atoms with Gasteiger partial charge in [0.2, 0.25) is 5.91 Å². The lowest BCUT2D eigenvalue weighted by atomic mass is 9.49. The van der Waals surface area contributed by atoms with Crippen molar-refractivity contribution in [2.75, 3.05) is 6.54 Å². The van der Waals surface area contributed by atoms with E-state index >= 15 is 0 Å². The first kappa shape index (κ1) is 15.7.